The third-order valence-electron chi connectivity index (χ3n) is 6.59. The van der Waals surface area contributed by atoms with Crippen LogP contribution in [0.4, 0.5) is 18.9 Å². The van der Waals surface area contributed by atoms with Gasteiger partial charge in [-0.15, -0.1) is 13.2 Å². The molecular weight excluding hydrogens is 479 g/mol. The lowest BCUT2D eigenvalue weighted by atomic mass is 9.81. The lowest BCUT2D eigenvalue weighted by molar-refractivity contribution is -0.274. The van der Waals surface area contributed by atoms with Gasteiger partial charge in [0.1, 0.15) is 5.75 Å². The smallest absolute Gasteiger partial charge is 0.406 e. The first-order chi connectivity index (χ1) is 16.7. The number of carbonyl (C=O) groups excluding carboxylic acids is 2. The third-order valence-corrected chi connectivity index (χ3v) is 7.53. The summed E-state index contributed by atoms with van der Waals surface area (Å²) in [7, 11) is 0. The Labute approximate surface area is 209 Å². The van der Waals surface area contributed by atoms with Crippen LogP contribution in [-0.4, -0.2) is 60.3 Å². The van der Waals surface area contributed by atoms with Crippen molar-refractivity contribution in [1.29, 1.82) is 0 Å². The summed E-state index contributed by atoms with van der Waals surface area (Å²) in [6.07, 6.45) is 2.09. The van der Waals surface area contributed by atoms with Gasteiger partial charge in [-0.05, 0) is 43.5 Å². The standard InChI is InChI=1S/C25H36F3N3O3S/c1-18(17-29-21-7-9-22(10-8-21)34-25(26,27)28)30-24(33)20(15-19-5-3-2-4-6-19)16-23(32)31-11-13-35-14-12-31/h7-10,18-20,29H,2-6,11-17H2,1H3,(H,30,33). The lowest BCUT2D eigenvalue weighted by Crippen LogP contribution is -2.44. The van der Waals surface area contributed by atoms with Crippen LogP contribution < -0.4 is 15.4 Å². The van der Waals surface area contributed by atoms with Crippen LogP contribution in [0.15, 0.2) is 24.3 Å². The molecule has 2 fully saturated rings. The average molecular weight is 516 g/mol. The second kappa shape index (κ2) is 13.3. The van der Waals surface area contributed by atoms with Gasteiger partial charge in [0, 0.05) is 55.2 Å². The second-order valence-electron chi connectivity index (χ2n) is 9.50. The van der Waals surface area contributed by atoms with Gasteiger partial charge in [0.2, 0.25) is 11.8 Å². The van der Waals surface area contributed by atoms with Gasteiger partial charge in [0.15, 0.2) is 0 Å². The molecule has 2 N–H and O–H groups in total. The minimum Gasteiger partial charge on any atom is -0.406 e. The molecule has 6 nitrogen and oxygen atoms in total. The van der Waals surface area contributed by atoms with E-state index in [9.17, 15) is 22.8 Å². The second-order valence-corrected chi connectivity index (χ2v) is 10.7. The molecule has 2 aliphatic rings. The van der Waals surface area contributed by atoms with E-state index in [2.05, 4.69) is 15.4 Å². The molecule has 1 aromatic rings. The maximum absolute atomic E-state index is 13.2. The van der Waals surface area contributed by atoms with Crippen molar-refractivity contribution in [2.45, 2.75) is 64.3 Å². The van der Waals surface area contributed by atoms with Crippen molar-refractivity contribution in [3.8, 4) is 5.75 Å². The van der Waals surface area contributed by atoms with Crippen LogP contribution in [0.2, 0.25) is 0 Å². The monoisotopic (exact) mass is 515 g/mol. The first-order valence-electron chi connectivity index (χ1n) is 12.4. The molecule has 1 aliphatic heterocycles. The van der Waals surface area contributed by atoms with Crippen molar-refractivity contribution in [3.05, 3.63) is 24.3 Å². The SMILES string of the molecule is CC(CNc1ccc(OC(F)(F)F)cc1)NC(=O)C(CC(=O)N1CCSCC1)CC1CCCCC1. The number of hydrogen-bond donors (Lipinski definition) is 2. The van der Waals surface area contributed by atoms with Gasteiger partial charge < -0.3 is 20.3 Å². The van der Waals surface area contributed by atoms with Crippen molar-refractivity contribution in [3.63, 3.8) is 0 Å². The molecule has 10 heteroatoms. The van der Waals surface area contributed by atoms with Crippen LogP contribution in [0.5, 0.6) is 5.75 Å². The number of nitrogens with one attached hydrogen (secondary N) is 2. The van der Waals surface area contributed by atoms with Crippen molar-refractivity contribution < 1.29 is 27.5 Å². The number of amides is 2. The van der Waals surface area contributed by atoms with Gasteiger partial charge in [0.25, 0.3) is 0 Å². The predicted octanol–water partition coefficient (Wildman–Crippen LogP) is 5.05. The van der Waals surface area contributed by atoms with Crippen LogP contribution in [0.25, 0.3) is 0 Å². The van der Waals surface area contributed by atoms with Gasteiger partial charge >= 0.3 is 6.36 Å². The molecule has 0 aromatic heterocycles. The Kier molecular flexibility index (Phi) is 10.4. The highest BCUT2D eigenvalue weighted by atomic mass is 32.2. The maximum Gasteiger partial charge on any atom is 0.573 e. The fourth-order valence-corrected chi connectivity index (χ4v) is 5.62. The van der Waals surface area contributed by atoms with E-state index in [1.165, 1.54) is 43.5 Å². The number of benzene rings is 1. The third kappa shape index (κ3) is 9.82. The zero-order chi connectivity index (χ0) is 25.3. The van der Waals surface area contributed by atoms with E-state index in [1.807, 2.05) is 23.6 Å². The minimum atomic E-state index is -4.73. The lowest BCUT2D eigenvalue weighted by Gasteiger charge is -2.30. The normalized spacial score (nSPS) is 19.0. The van der Waals surface area contributed by atoms with Crippen LogP contribution >= 0.6 is 11.8 Å². The summed E-state index contributed by atoms with van der Waals surface area (Å²) >= 11 is 1.85. The molecule has 1 aliphatic carbocycles. The molecule has 2 unspecified atom stereocenters. The van der Waals surface area contributed by atoms with Crippen LogP contribution in [0, 0.1) is 11.8 Å². The molecule has 35 heavy (non-hydrogen) atoms. The first kappa shape index (κ1) is 27.5. The Morgan fingerprint density at radius 3 is 2.40 bits per heavy atom. The Balaban J connectivity index is 1.52. The van der Waals surface area contributed by atoms with E-state index in [1.54, 1.807) is 0 Å². The Bertz CT molecular complexity index is 810. The minimum absolute atomic E-state index is 0.0632. The molecule has 0 bridgehead atoms. The molecular formula is C25H36F3N3O3S. The zero-order valence-corrected chi connectivity index (χ0v) is 21.1. The molecule has 2 amide bonds. The number of thioether (sulfide) groups is 1. The van der Waals surface area contributed by atoms with Crippen molar-refractivity contribution in [2.75, 3.05) is 36.5 Å². The van der Waals surface area contributed by atoms with Crippen LogP contribution in [-0.2, 0) is 9.59 Å². The molecule has 0 radical (unpaired) electrons. The van der Waals surface area contributed by atoms with E-state index in [-0.39, 0.29) is 35.9 Å². The van der Waals surface area contributed by atoms with Gasteiger partial charge in [-0.1, -0.05) is 32.1 Å². The number of ether oxygens (including phenoxy) is 1. The zero-order valence-electron chi connectivity index (χ0n) is 20.2. The quantitative estimate of drug-likeness (QED) is 0.456. The fourth-order valence-electron chi connectivity index (χ4n) is 4.72. The number of halogens is 3. The molecule has 0 spiro atoms. The molecule has 1 heterocycles. The summed E-state index contributed by atoms with van der Waals surface area (Å²) in [5, 5.41) is 6.16. The number of alkyl halides is 3. The van der Waals surface area contributed by atoms with Gasteiger partial charge in [-0.2, -0.15) is 11.8 Å². The van der Waals surface area contributed by atoms with Gasteiger partial charge in [-0.3, -0.25) is 9.59 Å². The van der Waals surface area contributed by atoms with Gasteiger partial charge in [-0.25, -0.2) is 0 Å². The van der Waals surface area contributed by atoms with E-state index in [4.69, 9.17) is 0 Å². The average Bonchev–Trinajstić information content (AvgIpc) is 2.83. The molecule has 1 saturated carbocycles. The highest BCUT2D eigenvalue weighted by Gasteiger charge is 2.31. The van der Waals surface area contributed by atoms with E-state index in [0.717, 1.165) is 43.9 Å². The van der Waals surface area contributed by atoms with Crippen molar-refractivity contribution in [2.24, 2.45) is 11.8 Å². The van der Waals surface area contributed by atoms with E-state index >= 15 is 0 Å². The number of hydrogen-bond acceptors (Lipinski definition) is 5. The molecule has 196 valence electrons. The number of carbonyl (C=O) groups is 2. The molecule has 2 atom stereocenters. The summed E-state index contributed by atoms with van der Waals surface area (Å²) in [5.74, 6) is 1.70. The topological polar surface area (TPSA) is 70.7 Å². The van der Waals surface area contributed by atoms with Crippen LogP contribution in [0.3, 0.4) is 0 Å². The highest BCUT2D eigenvalue weighted by molar-refractivity contribution is 7.99. The Morgan fingerprint density at radius 1 is 1.11 bits per heavy atom. The largest absolute Gasteiger partial charge is 0.573 e. The summed E-state index contributed by atoms with van der Waals surface area (Å²) < 4.78 is 40.8. The predicted molar refractivity (Wildman–Crippen MR) is 132 cm³/mol. The summed E-state index contributed by atoms with van der Waals surface area (Å²) in [4.78, 5) is 28.0. The number of rotatable bonds is 10. The summed E-state index contributed by atoms with van der Waals surface area (Å²) in [6, 6.07) is 5.26. The Hall–Kier alpha value is -2.10. The molecule has 1 aromatic carbocycles. The summed E-state index contributed by atoms with van der Waals surface area (Å²) in [6.45, 7) is 3.76. The molecule has 1 saturated heterocycles. The van der Waals surface area contributed by atoms with Crippen LogP contribution in [0.1, 0.15) is 51.9 Å². The van der Waals surface area contributed by atoms with Crippen molar-refractivity contribution in [1.82, 2.24) is 10.2 Å². The van der Waals surface area contributed by atoms with E-state index < -0.39 is 6.36 Å². The molecule has 3 rings (SSSR count). The first-order valence-corrected chi connectivity index (χ1v) is 13.6. The fraction of sp³-hybridized carbons (Fsp3) is 0.680. The van der Waals surface area contributed by atoms with Gasteiger partial charge in [0.05, 0.1) is 0 Å². The maximum atomic E-state index is 13.2. The van der Waals surface area contributed by atoms with E-state index in [0.29, 0.717) is 18.2 Å². The Morgan fingerprint density at radius 2 is 1.77 bits per heavy atom. The summed E-state index contributed by atoms with van der Waals surface area (Å²) in [5.41, 5.74) is 0.623. The number of nitrogens with zero attached hydrogens (tertiary/aromatic N) is 1. The highest BCUT2D eigenvalue weighted by Crippen LogP contribution is 2.31. The number of anilines is 1. The van der Waals surface area contributed by atoms with Crippen molar-refractivity contribution >= 4 is 29.3 Å².